The summed E-state index contributed by atoms with van der Waals surface area (Å²) < 4.78 is 4.97. The zero-order chi connectivity index (χ0) is 13.9. The predicted molar refractivity (Wildman–Crippen MR) is 71.3 cm³/mol. The molecule has 0 aliphatic heterocycles. The molecule has 2 rings (SSSR count). The van der Waals surface area contributed by atoms with Crippen molar-refractivity contribution >= 4 is 11.9 Å². The summed E-state index contributed by atoms with van der Waals surface area (Å²) in [4.78, 5) is 26.1. The zero-order valence-corrected chi connectivity index (χ0v) is 11.7. The van der Waals surface area contributed by atoms with Crippen molar-refractivity contribution in [3.63, 3.8) is 0 Å². The van der Waals surface area contributed by atoms with Gasteiger partial charge in [0.15, 0.2) is 0 Å². The highest BCUT2D eigenvalue weighted by atomic mass is 16.5. The van der Waals surface area contributed by atoms with Gasteiger partial charge in [0.2, 0.25) is 5.91 Å². The molecule has 2 saturated carbocycles. The number of carbonyl (C=O) groups excluding carboxylic acids is 2. The van der Waals surface area contributed by atoms with E-state index in [1.54, 1.807) is 11.8 Å². The number of nitrogens with two attached hydrogens (primary N) is 1. The minimum absolute atomic E-state index is 0.0723. The average molecular weight is 268 g/mol. The van der Waals surface area contributed by atoms with Gasteiger partial charge in [-0.15, -0.1) is 0 Å². The fourth-order valence-electron chi connectivity index (χ4n) is 2.96. The molecule has 5 nitrogen and oxygen atoms in total. The molecule has 0 bridgehead atoms. The Kier molecular flexibility index (Phi) is 4.45. The summed E-state index contributed by atoms with van der Waals surface area (Å²) in [5, 5.41) is 0. The predicted octanol–water partition coefficient (Wildman–Crippen LogP) is 1.06. The van der Waals surface area contributed by atoms with Crippen molar-refractivity contribution in [2.75, 3.05) is 19.7 Å². The van der Waals surface area contributed by atoms with Gasteiger partial charge in [-0.2, -0.15) is 0 Å². The van der Waals surface area contributed by atoms with Gasteiger partial charge < -0.3 is 15.4 Å². The maximum atomic E-state index is 12.8. The molecule has 0 heterocycles. The standard InChI is InChI=1S/C14H24N2O3/c1-2-19-12(17)9-16(11-5-6-11)13(18)14(10-15)7-3-4-8-14/h11H,2-10,15H2,1H3. The van der Waals surface area contributed by atoms with Crippen molar-refractivity contribution in [3.8, 4) is 0 Å². The first-order chi connectivity index (χ1) is 9.13. The van der Waals surface area contributed by atoms with E-state index in [9.17, 15) is 9.59 Å². The summed E-state index contributed by atoms with van der Waals surface area (Å²) in [6, 6.07) is 0.223. The topological polar surface area (TPSA) is 72.6 Å². The van der Waals surface area contributed by atoms with Crippen molar-refractivity contribution in [3.05, 3.63) is 0 Å². The van der Waals surface area contributed by atoms with Crippen LogP contribution in [0.2, 0.25) is 0 Å². The van der Waals surface area contributed by atoms with Crippen LogP contribution in [-0.4, -0.2) is 42.5 Å². The van der Waals surface area contributed by atoms with Crippen LogP contribution in [0.25, 0.3) is 0 Å². The summed E-state index contributed by atoms with van der Waals surface area (Å²) in [5.41, 5.74) is 5.43. The van der Waals surface area contributed by atoms with Crippen molar-refractivity contribution in [1.29, 1.82) is 0 Å². The number of hydrogen-bond donors (Lipinski definition) is 1. The van der Waals surface area contributed by atoms with Gasteiger partial charge in [0, 0.05) is 12.6 Å². The molecule has 5 heteroatoms. The Balaban J connectivity index is 2.05. The van der Waals surface area contributed by atoms with E-state index >= 15 is 0 Å². The lowest BCUT2D eigenvalue weighted by Crippen LogP contribution is -2.49. The third-order valence-electron chi connectivity index (χ3n) is 4.26. The van der Waals surface area contributed by atoms with E-state index in [1.807, 2.05) is 0 Å². The molecule has 0 aromatic rings. The summed E-state index contributed by atoms with van der Waals surface area (Å²) in [6.45, 7) is 2.60. The lowest BCUT2D eigenvalue weighted by atomic mass is 9.84. The molecular weight excluding hydrogens is 244 g/mol. The number of rotatable bonds is 6. The average Bonchev–Trinajstić information content (AvgIpc) is 3.12. The molecule has 2 N–H and O–H groups in total. The first-order valence-corrected chi connectivity index (χ1v) is 7.30. The van der Waals surface area contributed by atoms with Gasteiger partial charge in [0.1, 0.15) is 6.54 Å². The third kappa shape index (κ3) is 3.08. The quantitative estimate of drug-likeness (QED) is 0.731. The summed E-state index contributed by atoms with van der Waals surface area (Å²) in [5.74, 6) is -0.240. The Morgan fingerprint density at radius 2 is 1.95 bits per heavy atom. The lowest BCUT2D eigenvalue weighted by Gasteiger charge is -2.33. The molecular formula is C14H24N2O3. The van der Waals surface area contributed by atoms with Crippen molar-refractivity contribution in [1.82, 2.24) is 4.90 Å². The van der Waals surface area contributed by atoms with Crippen LogP contribution < -0.4 is 5.73 Å². The second-order valence-electron chi connectivity index (χ2n) is 5.66. The Morgan fingerprint density at radius 1 is 1.32 bits per heavy atom. The van der Waals surface area contributed by atoms with E-state index in [4.69, 9.17) is 10.5 Å². The number of carbonyl (C=O) groups is 2. The van der Waals surface area contributed by atoms with Crippen molar-refractivity contribution in [2.45, 2.75) is 51.5 Å². The SMILES string of the molecule is CCOC(=O)CN(C(=O)C1(CN)CCCC1)C1CC1. The largest absolute Gasteiger partial charge is 0.465 e. The normalized spacial score (nSPS) is 21.2. The first-order valence-electron chi connectivity index (χ1n) is 7.30. The van der Waals surface area contributed by atoms with Gasteiger partial charge in [-0.25, -0.2) is 0 Å². The van der Waals surface area contributed by atoms with E-state index in [-0.39, 0.29) is 24.5 Å². The first kappa shape index (κ1) is 14.3. The maximum absolute atomic E-state index is 12.8. The van der Waals surface area contributed by atoms with E-state index in [0.29, 0.717) is 13.2 Å². The number of esters is 1. The highest BCUT2D eigenvalue weighted by molar-refractivity contribution is 5.87. The highest BCUT2D eigenvalue weighted by Gasteiger charge is 2.46. The molecule has 2 fully saturated rings. The van der Waals surface area contributed by atoms with Gasteiger partial charge in [-0.05, 0) is 32.6 Å². The monoisotopic (exact) mass is 268 g/mol. The van der Waals surface area contributed by atoms with E-state index in [0.717, 1.165) is 38.5 Å². The molecule has 108 valence electrons. The molecule has 0 atom stereocenters. The Labute approximate surface area is 114 Å². The van der Waals surface area contributed by atoms with Crippen LogP contribution in [-0.2, 0) is 14.3 Å². The van der Waals surface area contributed by atoms with Crippen molar-refractivity contribution in [2.24, 2.45) is 11.1 Å². The van der Waals surface area contributed by atoms with E-state index in [1.165, 1.54) is 0 Å². The molecule has 2 aliphatic carbocycles. The smallest absolute Gasteiger partial charge is 0.325 e. The summed E-state index contributed by atoms with van der Waals surface area (Å²) >= 11 is 0. The minimum atomic E-state index is -0.422. The number of nitrogens with zero attached hydrogens (tertiary/aromatic N) is 1. The van der Waals surface area contributed by atoms with Crippen molar-refractivity contribution < 1.29 is 14.3 Å². The van der Waals surface area contributed by atoms with Gasteiger partial charge in [0.05, 0.1) is 12.0 Å². The molecule has 1 amide bonds. The molecule has 19 heavy (non-hydrogen) atoms. The Morgan fingerprint density at radius 3 is 2.42 bits per heavy atom. The van der Waals surface area contributed by atoms with Crippen LogP contribution in [0.15, 0.2) is 0 Å². The minimum Gasteiger partial charge on any atom is -0.465 e. The van der Waals surface area contributed by atoms with Gasteiger partial charge in [-0.1, -0.05) is 12.8 Å². The fourth-order valence-corrected chi connectivity index (χ4v) is 2.96. The second kappa shape index (κ2) is 5.90. The molecule has 0 aromatic heterocycles. The van der Waals surface area contributed by atoms with Gasteiger partial charge in [-0.3, -0.25) is 9.59 Å². The molecule has 0 unspecified atom stereocenters. The van der Waals surface area contributed by atoms with E-state index < -0.39 is 5.41 Å². The van der Waals surface area contributed by atoms with Crippen LogP contribution in [0.1, 0.15) is 45.4 Å². The van der Waals surface area contributed by atoms with Crippen LogP contribution in [0, 0.1) is 5.41 Å². The zero-order valence-electron chi connectivity index (χ0n) is 11.7. The van der Waals surface area contributed by atoms with Crippen LogP contribution >= 0.6 is 0 Å². The Hall–Kier alpha value is -1.10. The number of hydrogen-bond acceptors (Lipinski definition) is 4. The summed E-state index contributed by atoms with van der Waals surface area (Å²) in [7, 11) is 0. The van der Waals surface area contributed by atoms with Crippen LogP contribution in [0.3, 0.4) is 0 Å². The third-order valence-corrected chi connectivity index (χ3v) is 4.26. The fraction of sp³-hybridized carbons (Fsp3) is 0.857. The Bertz CT molecular complexity index is 347. The molecule has 2 aliphatic rings. The lowest BCUT2D eigenvalue weighted by molar-refractivity contribution is -0.153. The molecule has 0 aromatic carbocycles. The molecule has 0 radical (unpaired) electrons. The highest BCUT2D eigenvalue weighted by Crippen LogP contribution is 2.41. The molecule has 0 spiro atoms. The van der Waals surface area contributed by atoms with E-state index in [2.05, 4.69) is 0 Å². The summed E-state index contributed by atoms with van der Waals surface area (Å²) in [6.07, 6.45) is 5.81. The maximum Gasteiger partial charge on any atom is 0.325 e. The van der Waals surface area contributed by atoms with Crippen LogP contribution in [0.5, 0.6) is 0 Å². The molecule has 0 saturated heterocycles. The number of ether oxygens (including phenoxy) is 1. The van der Waals surface area contributed by atoms with Gasteiger partial charge in [0.25, 0.3) is 0 Å². The second-order valence-corrected chi connectivity index (χ2v) is 5.66. The van der Waals surface area contributed by atoms with Gasteiger partial charge >= 0.3 is 5.97 Å². The number of amides is 1. The van der Waals surface area contributed by atoms with Crippen LogP contribution in [0.4, 0.5) is 0 Å².